The summed E-state index contributed by atoms with van der Waals surface area (Å²) in [6, 6.07) is 17.4. The monoisotopic (exact) mass is 414 g/mol. The van der Waals surface area contributed by atoms with E-state index in [0.717, 1.165) is 35.3 Å². The van der Waals surface area contributed by atoms with E-state index in [1.54, 1.807) is 18.3 Å². The molecule has 0 bridgehead atoms. The van der Waals surface area contributed by atoms with Gasteiger partial charge in [0.25, 0.3) is 0 Å². The van der Waals surface area contributed by atoms with Crippen molar-refractivity contribution in [3.8, 4) is 17.0 Å². The summed E-state index contributed by atoms with van der Waals surface area (Å²) in [6.45, 7) is 1.51. The van der Waals surface area contributed by atoms with Crippen molar-refractivity contribution in [1.29, 1.82) is 0 Å². The molecule has 1 aromatic heterocycles. The number of nitrogens with zero attached hydrogens (tertiary/aromatic N) is 2. The van der Waals surface area contributed by atoms with Crippen LogP contribution < -0.4 is 9.64 Å². The Morgan fingerprint density at radius 1 is 1.07 bits per heavy atom. The van der Waals surface area contributed by atoms with Crippen LogP contribution in [0.2, 0.25) is 10.0 Å². The third kappa shape index (κ3) is 3.95. The highest BCUT2D eigenvalue weighted by atomic mass is 35.5. The van der Waals surface area contributed by atoms with Gasteiger partial charge in [-0.05, 0) is 29.8 Å². The molecule has 0 amide bonds. The van der Waals surface area contributed by atoms with Gasteiger partial charge in [-0.3, -0.25) is 0 Å². The van der Waals surface area contributed by atoms with Crippen LogP contribution in [0.25, 0.3) is 11.1 Å². The molecule has 2 heterocycles. The average molecular weight is 415 g/mol. The average Bonchev–Trinajstić information content (AvgIpc) is 3.18. The van der Waals surface area contributed by atoms with Crippen molar-refractivity contribution in [2.24, 2.45) is 0 Å². The van der Waals surface area contributed by atoms with Crippen molar-refractivity contribution >= 4 is 28.9 Å². The maximum atomic E-state index is 9.82. The number of aliphatic hydroxyl groups excluding tert-OH is 1. The molecule has 2 aromatic carbocycles. The Labute approximate surface area is 174 Å². The number of pyridine rings is 1. The molecule has 1 aliphatic rings. The van der Waals surface area contributed by atoms with Crippen molar-refractivity contribution in [2.75, 3.05) is 18.0 Å². The van der Waals surface area contributed by atoms with E-state index in [2.05, 4.69) is 16.0 Å². The van der Waals surface area contributed by atoms with E-state index in [-0.39, 0.29) is 12.7 Å². The highest BCUT2D eigenvalue weighted by molar-refractivity contribution is 6.33. The molecular weight excluding hydrogens is 395 g/mol. The Bertz CT molecular complexity index is 980. The number of aromatic nitrogens is 1. The molecule has 144 valence electrons. The predicted molar refractivity (Wildman–Crippen MR) is 113 cm³/mol. The van der Waals surface area contributed by atoms with E-state index < -0.39 is 0 Å². The van der Waals surface area contributed by atoms with E-state index >= 15 is 0 Å². The molecule has 0 saturated carbocycles. The van der Waals surface area contributed by atoms with E-state index in [4.69, 9.17) is 27.9 Å². The third-order valence-electron chi connectivity index (χ3n) is 4.93. The van der Waals surface area contributed by atoms with Gasteiger partial charge in [-0.1, -0.05) is 53.5 Å². The number of hydrogen-bond donors (Lipinski definition) is 1. The Kier molecular flexibility index (Phi) is 5.72. The second kappa shape index (κ2) is 8.39. The standard InChI is InChI=1S/C22H20Cl2N2O2/c23-19-5-2-1-4-18(19)15-7-8-16(14-27)21(12-15)26-11-9-17(13-26)28-22-20(24)6-3-10-25-22/h1-8,10,12,17,27H,9,11,13-14H2/t17-/m0/s1. The van der Waals surface area contributed by atoms with Gasteiger partial charge in [0, 0.05) is 41.0 Å². The summed E-state index contributed by atoms with van der Waals surface area (Å²) in [5.74, 6) is 0.461. The summed E-state index contributed by atoms with van der Waals surface area (Å²) in [4.78, 5) is 6.44. The molecule has 1 atom stereocenters. The van der Waals surface area contributed by atoms with E-state index in [1.807, 2.05) is 36.4 Å². The van der Waals surface area contributed by atoms with E-state index in [9.17, 15) is 5.11 Å². The van der Waals surface area contributed by atoms with Gasteiger partial charge in [0.15, 0.2) is 0 Å². The fourth-order valence-electron chi connectivity index (χ4n) is 3.51. The molecule has 0 aliphatic carbocycles. The lowest BCUT2D eigenvalue weighted by Crippen LogP contribution is -2.25. The van der Waals surface area contributed by atoms with Crippen LogP contribution in [0.5, 0.6) is 5.88 Å². The first-order valence-electron chi connectivity index (χ1n) is 9.16. The number of halogens is 2. The van der Waals surface area contributed by atoms with Crippen LogP contribution in [0.1, 0.15) is 12.0 Å². The Morgan fingerprint density at radius 3 is 2.68 bits per heavy atom. The molecule has 0 unspecified atom stereocenters. The summed E-state index contributed by atoms with van der Waals surface area (Å²) in [6.07, 6.45) is 2.52. The summed E-state index contributed by atoms with van der Waals surface area (Å²) < 4.78 is 6.00. The molecule has 4 nitrogen and oxygen atoms in total. The minimum Gasteiger partial charge on any atom is -0.471 e. The van der Waals surface area contributed by atoms with Crippen LogP contribution in [0.3, 0.4) is 0 Å². The van der Waals surface area contributed by atoms with Crippen LogP contribution in [-0.4, -0.2) is 29.3 Å². The lowest BCUT2D eigenvalue weighted by atomic mass is 10.0. The SMILES string of the molecule is OCc1ccc(-c2ccccc2Cl)cc1N1CC[C@H](Oc2ncccc2Cl)C1. The van der Waals surface area contributed by atoms with Gasteiger partial charge >= 0.3 is 0 Å². The van der Waals surface area contributed by atoms with Crippen LogP contribution in [-0.2, 0) is 6.61 Å². The Morgan fingerprint density at radius 2 is 1.89 bits per heavy atom. The first-order chi connectivity index (χ1) is 13.7. The van der Waals surface area contributed by atoms with Crippen LogP contribution in [0.15, 0.2) is 60.8 Å². The lowest BCUT2D eigenvalue weighted by Gasteiger charge is -2.23. The van der Waals surface area contributed by atoms with Gasteiger partial charge in [-0.2, -0.15) is 0 Å². The molecule has 28 heavy (non-hydrogen) atoms. The second-order valence-corrected chi connectivity index (χ2v) is 7.56. The summed E-state index contributed by atoms with van der Waals surface area (Å²) in [5.41, 5.74) is 3.88. The quantitative estimate of drug-likeness (QED) is 0.622. The zero-order valence-corrected chi connectivity index (χ0v) is 16.7. The van der Waals surface area contributed by atoms with Gasteiger partial charge in [0.2, 0.25) is 5.88 Å². The first-order valence-corrected chi connectivity index (χ1v) is 9.92. The van der Waals surface area contributed by atoms with E-state index in [0.29, 0.717) is 22.5 Å². The molecule has 0 radical (unpaired) electrons. The number of anilines is 1. The van der Waals surface area contributed by atoms with Crippen LogP contribution >= 0.6 is 23.2 Å². The zero-order valence-electron chi connectivity index (χ0n) is 15.2. The highest BCUT2D eigenvalue weighted by Gasteiger charge is 2.27. The van der Waals surface area contributed by atoms with Gasteiger partial charge in [0.1, 0.15) is 11.1 Å². The van der Waals surface area contributed by atoms with Gasteiger partial charge in [-0.25, -0.2) is 4.98 Å². The number of aliphatic hydroxyl groups is 1. The topological polar surface area (TPSA) is 45.6 Å². The first kappa shape index (κ1) is 19.1. The molecule has 3 aromatic rings. The van der Waals surface area contributed by atoms with Gasteiger partial charge < -0.3 is 14.7 Å². The minimum atomic E-state index is -0.0216. The largest absolute Gasteiger partial charge is 0.471 e. The van der Waals surface area contributed by atoms with Crippen LogP contribution in [0, 0.1) is 0 Å². The van der Waals surface area contributed by atoms with E-state index in [1.165, 1.54) is 0 Å². The lowest BCUT2D eigenvalue weighted by molar-refractivity contribution is 0.216. The summed E-state index contributed by atoms with van der Waals surface area (Å²) >= 11 is 12.5. The van der Waals surface area contributed by atoms with Crippen molar-refractivity contribution < 1.29 is 9.84 Å². The predicted octanol–water partition coefficient (Wildman–Crippen LogP) is 5.21. The fraction of sp³-hybridized carbons (Fsp3) is 0.227. The number of hydrogen-bond acceptors (Lipinski definition) is 4. The Balaban J connectivity index is 1.58. The van der Waals surface area contributed by atoms with Crippen molar-refractivity contribution in [1.82, 2.24) is 4.98 Å². The van der Waals surface area contributed by atoms with Gasteiger partial charge in [0.05, 0.1) is 13.2 Å². The molecule has 1 aliphatic heterocycles. The molecule has 1 saturated heterocycles. The van der Waals surface area contributed by atoms with Gasteiger partial charge in [-0.15, -0.1) is 0 Å². The molecule has 1 fully saturated rings. The smallest absolute Gasteiger partial charge is 0.232 e. The van der Waals surface area contributed by atoms with Crippen LogP contribution in [0.4, 0.5) is 5.69 Å². The number of ether oxygens (including phenoxy) is 1. The third-order valence-corrected chi connectivity index (χ3v) is 5.55. The molecule has 1 N–H and O–H groups in total. The maximum absolute atomic E-state index is 9.82. The molecule has 6 heteroatoms. The van der Waals surface area contributed by atoms with Crippen molar-refractivity contribution in [3.05, 3.63) is 76.4 Å². The number of rotatable bonds is 5. The number of benzene rings is 2. The zero-order chi connectivity index (χ0) is 19.5. The van der Waals surface area contributed by atoms with Crippen molar-refractivity contribution in [2.45, 2.75) is 19.1 Å². The maximum Gasteiger partial charge on any atom is 0.232 e. The Hall–Kier alpha value is -2.27. The summed E-state index contributed by atoms with van der Waals surface area (Å²) in [7, 11) is 0. The molecule has 4 rings (SSSR count). The summed E-state index contributed by atoms with van der Waals surface area (Å²) in [5, 5.41) is 11.0. The fourth-order valence-corrected chi connectivity index (χ4v) is 3.92. The second-order valence-electron chi connectivity index (χ2n) is 6.75. The minimum absolute atomic E-state index is 0.0112. The normalized spacial score (nSPS) is 16.4. The highest BCUT2D eigenvalue weighted by Crippen LogP contribution is 2.34. The molecular formula is C22H20Cl2N2O2. The van der Waals surface area contributed by atoms with Crippen molar-refractivity contribution in [3.63, 3.8) is 0 Å². The molecule has 0 spiro atoms.